The zero-order valence-electron chi connectivity index (χ0n) is 12.7. The fourth-order valence-electron chi connectivity index (χ4n) is 2.63. The molecule has 0 radical (unpaired) electrons. The number of benzene rings is 2. The Bertz CT molecular complexity index is 1050. The molecule has 0 aliphatic heterocycles. The first-order valence-electron chi connectivity index (χ1n) is 7.20. The van der Waals surface area contributed by atoms with Crippen molar-refractivity contribution in [3.8, 4) is 0 Å². The molecule has 124 valence electrons. The Labute approximate surface area is 144 Å². The van der Waals surface area contributed by atoms with Gasteiger partial charge in [0.15, 0.2) is 5.76 Å². The molecule has 0 spiro atoms. The Hall–Kier alpha value is -2.15. The van der Waals surface area contributed by atoms with E-state index in [9.17, 15) is 13.2 Å². The highest BCUT2D eigenvalue weighted by Gasteiger charge is 2.23. The van der Waals surface area contributed by atoms with Crippen molar-refractivity contribution in [2.45, 2.75) is 18.2 Å². The molecule has 3 aromatic rings. The third-order valence-electron chi connectivity index (χ3n) is 3.76. The molecular formula is C17H14ClNO4S. The van der Waals surface area contributed by atoms with Gasteiger partial charge in [-0.1, -0.05) is 36.7 Å². The second-order valence-corrected chi connectivity index (χ2v) is 7.22. The quantitative estimate of drug-likeness (QED) is 0.718. The van der Waals surface area contributed by atoms with Gasteiger partial charge in [0.05, 0.1) is 5.02 Å². The summed E-state index contributed by atoms with van der Waals surface area (Å²) in [6.45, 7) is 1.92. The fraction of sp³-hybridized carbons (Fsp3) is 0.118. The van der Waals surface area contributed by atoms with E-state index >= 15 is 0 Å². The summed E-state index contributed by atoms with van der Waals surface area (Å²) < 4.78 is 28.9. The van der Waals surface area contributed by atoms with Crippen molar-refractivity contribution in [2.24, 2.45) is 5.14 Å². The molecule has 0 aliphatic rings. The Morgan fingerprint density at radius 2 is 1.92 bits per heavy atom. The third kappa shape index (κ3) is 2.84. The molecule has 3 rings (SSSR count). The van der Waals surface area contributed by atoms with Crippen molar-refractivity contribution in [3.05, 3.63) is 64.4 Å². The van der Waals surface area contributed by atoms with E-state index in [1.807, 2.05) is 25.1 Å². The van der Waals surface area contributed by atoms with Crippen LogP contribution in [0.3, 0.4) is 0 Å². The van der Waals surface area contributed by atoms with Crippen LogP contribution in [0.1, 0.15) is 28.6 Å². The summed E-state index contributed by atoms with van der Waals surface area (Å²) >= 11 is 5.86. The number of hydrogen-bond acceptors (Lipinski definition) is 4. The summed E-state index contributed by atoms with van der Waals surface area (Å²) in [5.41, 5.74) is 1.54. The van der Waals surface area contributed by atoms with Crippen LogP contribution in [0, 0.1) is 0 Å². The van der Waals surface area contributed by atoms with Crippen LogP contribution in [-0.4, -0.2) is 14.2 Å². The number of hydrogen-bond donors (Lipinski definition) is 1. The molecule has 5 nitrogen and oxygen atoms in total. The molecule has 0 aliphatic carbocycles. The van der Waals surface area contributed by atoms with Gasteiger partial charge in [-0.15, -0.1) is 0 Å². The summed E-state index contributed by atoms with van der Waals surface area (Å²) in [6, 6.07) is 11.3. The van der Waals surface area contributed by atoms with Gasteiger partial charge in [0.25, 0.3) is 0 Å². The minimum absolute atomic E-state index is 0.0330. The lowest BCUT2D eigenvalue weighted by molar-refractivity contribution is 0.101. The monoisotopic (exact) mass is 363 g/mol. The normalized spacial score (nSPS) is 11.8. The third-order valence-corrected chi connectivity index (χ3v) is 5.15. The lowest BCUT2D eigenvalue weighted by Gasteiger charge is -2.05. The molecule has 7 heteroatoms. The van der Waals surface area contributed by atoms with Gasteiger partial charge in [-0.2, -0.15) is 0 Å². The fourth-order valence-corrected chi connectivity index (χ4v) is 3.70. The molecule has 0 bridgehead atoms. The Balaban J connectivity index is 2.17. The number of fused-ring (bicyclic) bond motifs is 1. The molecule has 0 amide bonds. The largest absolute Gasteiger partial charge is 0.452 e. The van der Waals surface area contributed by atoms with E-state index < -0.39 is 15.8 Å². The standard InChI is InChI=1S/C17H14ClNO4S/c1-2-11-12-5-3-4-6-14(12)23-17(11)16(20)10-7-8-13(18)15(9-10)24(19,21)22/h3-9H,2H2,1H3,(H2,19,21,22). The van der Waals surface area contributed by atoms with Crippen LogP contribution < -0.4 is 5.14 Å². The first-order valence-corrected chi connectivity index (χ1v) is 9.12. The first kappa shape index (κ1) is 16.7. The number of sulfonamides is 1. The number of aryl methyl sites for hydroxylation is 1. The Morgan fingerprint density at radius 3 is 2.58 bits per heavy atom. The van der Waals surface area contributed by atoms with Gasteiger partial charge in [-0.25, -0.2) is 13.6 Å². The van der Waals surface area contributed by atoms with Gasteiger partial charge in [0.2, 0.25) is 15.8 Å². The van der Waals surface area contributed by atoms with Gasteiger partial charge in [-0.05, 0) is 30.7 Å². The van der Waals surface area contributed by atoms with E-state index in [4.69, 9.17) is 21.2 Å². The summed E-state index contributed by atoms with van der Waals surface area (Å²) in [5.74, 6) is -0.217. The van der Waals surface area contributed by atoms with Crippen molar-refractivity contribution >= 4 is 38.4 Å². The highest BCUT2D eigenvalue weighted by Crippen LogP contribution is 2.29. The number of rotatable bonds is 4. The Morgan fingerprint density at radius 1 is 1.21 bits per heavy atom. The second kappa shape index (κ2) is 6.05. The first-order chi connectivity index (χ1) is 11.3. The van der Waals surface area contributed by atoms with Crippen LogP contribution in [0.25, 0.3) is 11.0 Å². The van der Waals surface area contributed by atoms with E-state index in [1.54, 1.807) is 6.07 Å². The summed E-state index contributed by atoms with van der Waals surface area (Å²) in [6.07, 6.45) is 0.605. The molecule has 1 aromatic heterocycles. The van der Waals surface area contributed by atoms with Gasteiger partial charge in [0, 0.05) is 16.5 Å². The van der Waals surface area contributed by atoms with Crippen molar-refractivity contribution in [2.75, 3.05) is 0 Å². The highest BCUT2D eigenvalue weighted by molar-refractivity contribution is 7.89. The maximum atomic E-state index is 12.8. The van der Waals surface area contributed by atoms with Crippen molar-refractivity contribution in [1.29, 1.82) is 0 Å². The number of ketones is 1. The predicted octanol–water partition coefficient (Wildman–Crippen LogP) is 3.53. The van der Waals surface area contributed by atoms with Crippen LogP contribution in [0.15, 0.2) is 51.8 Å². The maximum Gasteiger partial charge on any atom is 0.239 e. The molecule has 24 heavy (non-hydrogen) atoms. The van der Waals surface area contributed by atoms with Crippen molar-refractivity contribution < 1.29 is 17.6 Å². The Kier molecular flexibility index (Phi) is 4.21. The van der Waals surface area contributed by atoms with Gasteiger partial charge in [0.1, 0.15) is 10.5 Å². The molecule has 1 heterocycles. The van der Waals surface area contributed by atoms with Gasteiger partial charge < -0.3 is 4.42 Å². The predicted molar refractivity (Wildman–Crippen MR) is 91.8 cm³/mol. The van der Waals surface area contributed by atoms with E-state index in [0.717, 1.165) is 10.9 Å². The van der Waals surface area contributed by atoms with Crippen LogP contribution in [0.5, 0.6) is 0 Å². The minimum Gasteiger partial charge on any atom is -0.452 e. The number of furan rings is 1. The number of para-hydroxylation sites is 1. The van der Waals surface area contributed by atoms with E-state index in [1.165, 1.54) is 18.2 Å². The van der Waals surface area contributed by atoms with Crippen molar-refractivity contribution in [1.82, 2.24) is 0 Å². The van der Waals surface area contributed by atoms with Crippen molar-refractivity contribution in [3.63, 3.8) is 0 Å². The van der Waals surface area contributed by atoms with E-state index in [0.29, 0.717) is 12.0 Å². The molecule has 0 saturated heterocycles. The lowest BCUT2D eigenvalue weighted by atomic mass is 10.0. The topological polar surface area (TPSA) is 90.4 Å². The highest BCUT2D eigenvalue weighted by atomic mass is 35.5. The lowest BCUT2D eigenvalue weighted by Crippen LogP contribution is -2.14. The molecular weight excluding hydrogens is 350 g/mol. The van der Waals surface area contributed by atoms with Crippen LogP contribution >= 0.6 is 11.6 Å². The van der Waals surface area contributed by atoms with Crippen LogP contribution in [0.4, 0.5) is 0 Å². The smallest absolute Gasteiger partial charge is 0.239 e. The molecule has 0 atom stereocenters. The zero-order chi connectivity index (χ0) is 17.5. The van der Waals surface area contributed by atoms with Crippen LogP contribution in [0.2, 0.25) is 5.02 Å². The molecule has 0 fully saturated rings. The summed E-state index contributed by atoms with van der Waals surface area (Å²) in [4.78, 5) is 12.5. The maximum absolute atomic E-state index is 12.8. The SMILES string of the molecule is CCc1c(C(=O)c2ccc(Cl)c(S(N)(=O)=O)c2)oc2ccccc12. The minimum atomic E-state index is -4.03. The van der Waals surface area contributed by atoms with Crippen LogP contribution in [-0.2, 0) is 16.4 Å². The number of nitrogens with two attached hydrogens (primary N) is 1. The number of carbonyl (C=O) groups excluding carboxylic acids is 1. The average molecular weight is 364 g/mol. The van der Waals surface area contributed by atoms with E-state index in [2.05, 4.69) is 0 Å². The summed E-state index contributed by atoms with van der Waals surface area (Å²) in [7, 11) is -4.03. The number of halogens is 1. The number of primary sulfonamides is 1. The second-order valence-electron chi connectivity index (χ2n) is 5.28. The molecule has 0 saturated carbocycles. The number of carbonyl (C=O) groups is 1. The van der Waals surface area contributed by atoms with Gasteiger partial charge >= 0.3 is 0 Å². The molecule has 2 N–H and O–H groups in total. The van der Waals surface area contributed by atoms with E-state index in [-0.39, 0.29) is 21.2 Å². The van der Waals surface area contributed by atoms with Gasteiger partial charge in [-0.3, -0.25) is 4.79 Å². The zero-order valence-corrected chi connectivity index (χ0v) is 14.3. The molecule has 2 aromatic carbocycles. The average Bonchev–Trinajstić information content (AvgIpc) is 2.92. The molecule has 0 unspecified atom stereocenters. The summed E-state index contributed by atoms with van der Waals surface area (Å²) in [5, 5.41) is 5.97.